The molecule has 0 aliphatic carbocycles. The van der Waals surface area contributed by atoms with Gasteiger partial charge in [0.2, 0.25) is 0 Å². The molecule has 1 rings (SSSR count). The fourth-order valence-corrected chi connectivity index (χ4v) is 1.28. The summed E-state index contributed by atoms with van der Waals surface area (Å²) < 4.78 is 13.5. The lowest BCUT2D eigenvalue weighted by molar-refractivity contribution is 0.275. The van der Waals surface area contributed by atoms with Gasteiger partial charge in [0.15, 0.2) is 0 Å². The molecule has 1 N–H and O–H groups in total. The molecule has 1 aromatic carbocycles. The van der Waals surface area contributed by atoms with Crippen LogP contribution in [0.25, 0.3) is 6.08 Å². The molecular formula is C11H13FOS. The third-order valence-electron chi connectivity index (χ3n) is 1.87. The molecule has 0 bridgehead atoms. The maximum Gasteiger partial charge on any atom is 0.135 e. The summed E-state index contributed by atoms with van der Waals surface area (Å²) in [6, 6.07) is 4.99. The van der Waals surface area contributed by atoms with Crippen molar-refractivity contribution in [2.75, 3.05) is 5.75 Å². The Hall–Kier alpha value is -0.800. The molecule has 0 unspecified atom stereocenters. The van der Waals surface area contributed by atoms with E-state index in [9.17, 15) is 4.39 Å². The molecule has 0 radical (unpaired) electrons. The fraction of sp³-hybridized carbons (Fsp3) is 0.273. The standard InChI is InChI=1S/C11H13FOS/c12-11-9(4-1-2-7-14)5-3-6-10(11)8-13/h1,3-6,13-14H,2,7-8H2. The molecule has 0 aromatic heterocycles. The maximum atomic E-state index is 13.5. The lowest BCUT2D eigenvalue weighted by atomic mass is 10.1. The summed E-state index contributed by atoms with van der Waals surface area (Å²) in [5.74, 6) is 0.406. The van der Waals surface area contributed by atoms with Crippen molar-refractivity contribution in [2.45, 2.75) is 13.0 Å². The van der Waals surface area contributed by atoms with Gasteiger partial charge < -0.3 is 5.11 Å². The van der Waals surface area contributed by atoms with Crippen LogP contribution in [-0.4, -0.2) is 10.9 Å². The van der Waals surface area contributed by atoms with E-state index in [1.807, 2.05) is 6.08 Å². The fourth-order valence-electron chi connectivity index (χ4n) is 1.14. The molecule has 0 saturated carbocycles. The van der Waals surface area contributed by atoms with E-state index in [0.717, 1.165) is 12.2 Å². The normalized spacial score (nSPS) is 11.1. The van der Waals surface area contributed by atoms with E-state index in [2.05, 4.69) is 12.6 Å². The summed E-state index contributed by atoms with van der Waals surface area (Å²) >= 11 is 4.05. The average Bonchev–Trinajstić information content (AvgIpc) is 2.21. The van der Waals surface area contributed by atoms with Crippen molar-refractivity contribution < 1.29 is 9.50 Å². The van der Waals surface area contributed by atoms with E-state index >= 15 is 0 Å². The van der Waals surface area contributed by atoms with Crippen LogP contribution < -0.4 is 0 Å². The second kappa shape index (κ2) is 5.83. The first-order valence-corrected chi connectivity index (χ1v) is 5.08. The number of aliphatic hydroxyl groups excluding tert-OH is 1. The van der Waals surface area contributed by atoms with Gasteiger partial charge in [0, 0.05) is 11.1 Å². The van der Waals surface area contributed by atoms with Crippen molar-refractivity contribution in [3.05, 3.63) is 41.2 Å². The second-order valence-electron chi connectivity index (χ2n) is 2.89. The van der Waals surface area contributed by atoms with Gasteiger partial charge in [-0.1, -0.05) is 30.4 Å². The van der Waals surface area contributed by atoms with Crippen molar-refractivity contribution in [3.8, 4) is 0 Å². The Morgan fingerprint density at radius 2 is 2.21 bits per heavy atom. The quantitative estimate of drug-likeness (QED) is 0.735. The topological polar surface area (TPSA) is 20.2 Å². The molecule has 0 amide bonds. The Morgan fingerprint density at radius 3 is 2.86 bits per heavy atom. The van der Waals surface area contributed by atoms with E-state index in [1.54, 1.807) is 24.3 Å². The molecule has 0 atom stereocenters. The Bertz CT molecular complexity index is 323. The van der Waals surface area contributed by atoms with Crippen molar-refractivity contribution in [1.82, 2.24) is 0 Å². The van der Waals surface area contributed by atoms with Crippen LogP contribution in [0.1, 0.15) is 17.5 Å². The van der Waals surface area contributed by atoms with Crippen LogP contribution in [0.4, 0.5) is 4.39 Å². The molecule has 0 spiro atoms. The molecule has 0 fully saturated rings. The Morgan fingerprint density at radius 1 is 1.43 bits per heavy atom. The predicted molar refractivity (Wildman–Crippen MR) is 59.8 cm³/mol. The highest BCUT2D eigenvalue weighted by Crippen LogP contribution is 2.14. The Balaban J connectivity index is 2.86. The van der Waals surface area contributed by atoms with Gasteiger partial charge in [-0.25, -0.2) is 4.39 Å². The Labute approximate surface area is 88.7 Å². The van der Waals surface area contributed by atoms with Crippen LogP contribution in [-0.2, 0) is 6.61 Å². The molecule has 76 valence electrons. The van der Waals surface area contributed by atoms with E-state index in [4.69, 9.17) is 5.11 Å². The van der Waals surface area contributed by atoms with Gasteiger partial charge in [0.1, 0.15) is 5.82 Å². The number of aliphatic hydroxyl groups is 1. The molecule has 14 heavy (non-hydrogen) atoms. The van der Waals surface area contributed by atoms with Crippen LogP contribution in [0.15, 0.2) is 24.3 Å². The molecular weight excluding hydrogens is 199 g/mol. The minimum atomic E-state index is -0.342. The zero-order valence-electron chi connectivity index (χ0n) is 7.78. The molecule has 3 heteroatoms. The summed E-state index contributed by atoms with van der Waals surface area (Å²) in [5, 5.41) is 8.84. The number of hydrogen-bond acceptors (Lipinski definition) is 2. The largest absolute Gasteiger partial charge is 0.392 e. The third kappa shape index (κ3) is 2.86. The van der Waals surface area contributed by atoms with Gasteiger partial charge in [-0.3, -0.25) is 0 Å². The highest BCUT2D eigenvalue weighted by molar-refractivity contribution is 7.80. The highest BCUT2D eigenvalue weighted by Gasteiger charge is 2.03. The molecule has 1 nitrogen and oxygen atoms in total. The monoisotopic (exact) mass is 212 g/mol. The van der Waals surface area contributed by atoms with Crippen LogP contribution in [0.2, 0.25) is 0 Å². The predicted octanol–water partition coefficient (Wildman–Crippen LogP) is 2.65. The van der Waals surface area contributed by atoms with Crippen molar-refractivity contribution in [2.24, 2.45) is 0 Å². The van der Waals surface area contributed by atoms with Crippen molar-refractivity contribution in [1.29, 1.82) is 0 Å². The first kappa shape index (κ1) is 11.3. The smallest absolute Gasteiger partial charge is 0.135 e. The summed E-state index contributed by atoms with van der Waals surface area (Å²) in [6.07, 6.45) is 4.39. The van der Waals surface area contributed by atoms with Gasteiger partial charge in [-0.2, -0.15) is 12.6 Å². The van der Waals surface area contributed by atoms with E-state index < -0.39 is 0 Å². The van der Waals surface area contributed by atoms with E-state index in [1.165, 1.54) is 0 Å². The van der Waals surface area contributed by atoms with Gasteiger partial charge in [0.25, 0.3) is 0 Å². The lowest BCUT2D eigenvalue weighted by Crippen LogP contribution is -1.92. The minimum Gasteiger partial charge on any atom is -0.392 e. The zero-order valence-corrected chi connectivity index (χ0v) is 8.67. The van der Waals surface area contributed by atoms with Crippen LogP contribution in [0.5, 0.6) is 0 Å². The third-order valence-corrected chi connectivity index (χ3v) is 2.13. The number of halogens is 1. The summed E-state index contributed by atoms with van der Waals surface area (Å²) in [4.78, 5) is 0. The lowest BCUT2D eigenvalue weighted by Gasteiger charge is -2.01. The number of hydrogen-bond donors (Lipinski definition) is 2. The molecule has 0 aliphatic rings. The molecule has 0 aliphatic heterocycles. The molecule has 0 heterocycles. The number of benzene rings is 1. The Kier molecular flexibility index (Phi) is 4.70. The highest BCUT2D eigenvalue weighted by atomic mass is 32.1. The second-order valence-corrected chi connectivity index (χ2v) is 3.34. The van der Waals surface area contributed by atoms with Gasteiger partial charge in [-0.15, -0.1) is 0 Å². The van der Waals surface area contributed by atoms with E-state index in [0.29, 0.717) is 11.1 Å². The summed E-state index contributed by atoms with van der Waals surface area (Å²) in [7, 11) is 0. The van der Waals surface area contributed by atoms with Crippen LogP contribution in [0.3, 0.4) is 0 Å². The van der Waals surface area contributed by atoms with Crippen LogP contribution in [0, 0.1) is 5.82 Å². The van der Waals surface area contributed by atoms with Crippen LogP contribution >= 0.6 is 12.6 Å². The zero-order chi connectivity index (χ0) is 10.4. The maximum absolute atomic E-state index is 13.5. The number of rotatable bonds is 4. The van der Waals surface area contributed by atoms with Gasteiger partial charge >= 0.3 is 0 Å². The number of thiol groups is 1. The first-order valence-electron chi connectivity index (χ1n) is 4.45. The average molecular weight is 212 g/mol. The summed E-state index contributed by atoms with van der Waals surface area (Å²) in [6.45, 7) is -0.264. The van der Waals surface area contributed by atoms with Gasteiger partial charge in [-0.05, 0) is 12.2 Å². The summed E-state index contributed by atoms with van der Waals surface area (Å²) in [5.41, 5.74) is 0.844. The molecule has 1 aromatic rings. The SMILES string of the molecule is OCc1cccc(C=CCCS)c1F. The minimum absolute atomic E-state index is 0.264. The number of allylic oxidation sites excluding steroid dienone is 1. The first-order chi connectivity index (χ1) is 6.79. The van der Waals surface area contributed by atoms with Crippen molar-refractivity contribution >= 4 is 18.7 Å². The van der Waals surface area contributed by atoms with Gasteiger partial charge in [0.05, 0.1) is 6.61 Å². The molecule has 0 saturated heterocycles. The van der Waals surface area contributed by atoms with Crippen molar-refractivity contribution in [3.63, 3.8) is 0 Å². The van der Waals surface area contributed by atoms with E-state index in [-0.39, 0.29) is 12.4 Å².